The van der Waals surface area contributed by atoms with Gasteiger partial charge in [-0.15, -0.1) is 0 Å². The lowest BCUT2D eigenvalue weighted by molar-refractivity contribution is -0.381. The maximum absolute atomic E-state index is 11.3. The summed E-state index contributed by atoms with van der Waals surface area (Å²) in [5, 5.41) is 20.8. The maximum Gasteiger partial charge on any atom is 0.328 e. The Morgan fingerprint density at radius 2 is 2.00 bits per heavy atom. The molecule has 0 saturated heterocycles. The number of nitro groups is 1. The van der Waals surface area contributed by atoms with Crippen molar-refractivity contribution in [2.24, 2.45) is 0 Å². The summed E-state index contributed by atoms with van der Waals surface area (Å²) < 4.78 is 0. The number of aliphatic hydroxyl groups excluding tert-OH is 1. The highest BCUT2D eigenvalue weighted by molar-refractivity contribution is 7.19. The van der Waals surface area contributed by atoms with Gasteiger partial charge < -0.3 is 5.11 Å². The zero-order chi connectivity index (χ0) is 14.7. The van der Waals surface area contributed by atoms with Crippen molar-refractivity contribution >= 4 is 16.3 Å². The van der Waals surface area contributed by atoms with Gasteiger partial charge in [0, 0.05) is 17.4 Å². The van der Waals surface area contributed by atoms with Gasteiger partial charge in [-0.1, -0.05) is 55.5 Å². The first-order chi connectivity index (χ1) is 9.60. The fourth-order valence-electron chi connectivity index (χ4n) is 2.37. The van der Waals surface area contributed by atoms with Crippen LogP contribution in [-0.2, 0) is 6.42 Å². The van der Waals surface area contributed by atoms with Gasteiger partial charge in [-0.05, 0) is 17.5 Å². The van der Waals surface area contributed by atoms with Crippen LogP contribution in [0, 0.1) is 10.1 Å². The number of hydrogen-bond acceptors (Lipinski definition) is 4. The van der Waals surface area contributed by atoms with Crippen LogP contribution in [0.25, 0.3) is 10.4 Å². The molecule has 1 heterocycles. The van der Waals surface area contributed by atoms with Gasteiger partial charge in [-0.25, -0.2) is 0 Å². The molecule has 0 bridgehead atoms. The van der Waals surface area contributed by atoms with Crippen LogP contribution < -0.4 is 0 Å². The number of benzene rings is 1. The minimum atomic E-state index is -0.336. The van der Waals surface area contributed by atoms with Gasteiger partial charge in [0.05, 0.1) is 10.5 Å². The van der Waals surface area contributed by atoms with Crippen LogP contribution in [0.2, 0.25) is 0 Å². The summed E-state index contributed by atoms with van der Waals surface area (Å²) in [6, 6.07) is 9.70. The molecule has 0 saturated carbocycles. The highest BCUT2D eigenvalue weighted by atomic mass is 32.1. The lowest BCUT2D eigenvalue weighted by atomic mass is 9.95. The lowest BCUT2D eigenvalue weighted by Crippen LogP contribution is -2.04. The monoisotopic (exact) mass is 291 g/mol. The first-order valence-corrected chi connectivity index (χ1v) is 7.38. The first kappa shape index (κ1) is 14.7. The quantitative estimate of drug-likeness (QED) is 0.669. The average Bonchev–Trinajstić information content (AvgIpc) is 2.87. The molecule has 106 valence electrons. The summed E-state index contributed by atoms with van der Waals surface area (Å²) in [5.74, 6) is -0.223. The van der Waals surface area contributed by atoms with E-state index >= 15 is 0 Å². The Hall–Kier alpha value is -1.72. The molecule has 0 aliphatic carbocycles. The Balaban J connectivity index is 2.68. The van der Waals surface area contributed by atoms with Crippen molar-refractivity contribution in [1.29, 1.82) is 0 Å². The predicted molar refractivity (Wildman–Crippen MR) is 81.3 cm³/mol. The molecule has 20 heavy (non-hydrogen) atoms. The Morgan fingerprint density at radius 3 is 2.50 bits per heavy atom. The third-order valence-electron chi connectivity index (χ3n) is 3.35. The van der Waals surface area contributed by atoms with Crippen molar-refractivity contribution in [2.45, 2.75) is 26.2 Å². The molecule has 0 spiro atoms. The zero-order valence-electron chi connectivity index (χ0n) is 11.5. The Bertz CT molecular complexity index is 607. The molecule has 1 N–H and O–H groups in total. The van der Waals surface area contributed by atoms with Crippen LogP contribution >= 0.6 is 11.3 Å². The van der Waals surface area contributed by atoms with Gasteiger partial charge in [0.15, 0.2) is 0 Å². The molecule has 1 atom stereocenters. The second-order valence-corrected chi connectivity index (χ2v) is 5.69. The smallest absolute Gasteiger partial charge is 0.328 e. The van der Waals surface area contributed by atoms with E-state index in [1.54, 1.807) is 0 Å². The molecule has 1 aromatic carbocycles. The van der Waals surface area contributed by atoms with Crippen LogP contribution in [0.3, 0.4) is 0 Å². The van der Waals surface area contributed by atoms with Crippen molar-refractivity contribution in [3.63, 3.8) is 0 Å². The van der Waals surface area contributed by atoms with Crippen molar-refractivity contribution in [2.75, 3.05) is 6.61 Å². The third kappa shape index (κ3) is 2.59. The van der Waals surface area contributed by atoms with Gasteiger partial charge in [-0.3, -0.25) is 10.1 Å². The SMILES string of the molecule is CCc1c(-c2ccccc2)sc([N+](=O)[O-])c1C(C)CO. The molecule has 5 heteroatoms. The van der Waals surface area contributed by atoms with Crippen molar-refractivity contribution in [3.05, 3.63) is 51.6 Å². The molecule has 4 nitrogen and oxygen atoms in total. The van der Waals surface area contributed by atoms with Crippen LogP contribution in [0.15, 0.2) is 30.3 Å². The average molecular weight is 291 g/mol. The fraction of sp³-hybridized carbons (Fsp3) is 0.333. The van der Waals surface area contributed by atoms with Crippen LogP contribution in [0.4, 0.5) is 5.00 Å². The fourth-order valence-corrected chi connectivity index (χ4v) is 3.71. The van der Waals surface area contributed by atoms with E-state index in [2.05, 4.69) is 0 Å². The zero-order valence-corrected chi connectivity index (χ0v) is 12.3. The second-order valence-electron chi connectivity index (χ2n) is 4.69. The van der Waals surface area contributed by atoms with Gasteiger partial charge in [-0.2, -0.15) is 0 Å². The highest BCUT2D eigenvalue weighted by Crippen LogP contribution is 2.44. The number of nitrogens with zero attached hydrogens (tertiary/aromatic N) is 1. The lowest BCUT2D eigenvalue weighted by Gasteiger charge is -2.09. The summed E-state index contributed by atoms with van der Waals surface area (Å²) in [6.07, 6.45) is 0.717. The van der Waals surface area contributed by atoms with Gasteiger partial charge in [0.25, 0.3) is 0 Å². The van der Waals surface area contributed by atoms with E-state index in [0.717, 1.165) is 16.0 Å². The largest absolute Gasteiger partial charge is 0.396 e. The predicted octanol–water partition coefficient (Wildman–Crippen LogP) is 3.98. The summed E-state index contributed by atoms with van der Waals surface area (Å²) in [7, 11) is 0. The third-order valence-corrected chi connectivity index (χ3v) is 4.60. The normalized spacial score (nSPS) is 12.3. The minimum Gasteiger partial charge on any atom is -0.396 e. The van der Waals surface area contributed by atoms with E-state index < -0.39 is 0 Å². The number of rotatable bonds is 5. The standard InChI is InChI=1S/C15H17NO3S/c1-3-12-13(10(2)9-17)15(16(18)19)20-14(12)11-7-5-4-6-8-11/h4-8,10,17H,3,9H2,1-2H3. The molecule has 1 unspecified atom stereocenters. The van der Waals surface area contributed by atoms with E-state index in [4.69, 9.17) is 0 Å². The van der Waals surface area contributed by atoms with Gasteiger partial charge in [0.1, 0.15) is 0 Å². The summed E-state index contributed by atoms with van der Waals surface area (Å²) in [4.78, 5) is 11.9. The molecule has 2 rings (SSSR count). The molecule has 2 aromatic rings. The van der Waals surface area contributed by atoms with Gasteiger partial charge >= 0.3 is 5.00 Å². The Labute approximate surface area is 121 Å². The molecule has 1 aromatic heterocycles. The number of hydrogen-bond donors (Lipinski definition) is 1. The van der Waals surface area contributed by atoms with Crippen LogP contribution in [-0.4, -0.2) is 16.6 Å². The van der Waals surface area contributed by atoms with Crippen LogP contribution in [0.5, 0.6) is 0 Å². The van der Waals surface area contributed by atoms with E-state index in [1.807, 2.05) is 44.2 Å². The Kier molecular flexibility index (Phi) is 4.52. The molecule has 0 aliphatic rings. The molecular weight excluding hydrogens is 274 g/mol. The van der Waals surface area contributed by atoms with E-state index in [0.29, 0.717) is 12.0 Å². The molecular formula is C15H17NO3S. The summed E-state index contributed by atoms with van der Waals surface area (Å²) in [6.45, 7) is 3.73. The molecule has 0 fully saturated rings. The molecule has 0 radical (unpaired) electrons. The van der Waals surface area contributed by atoms with E-state index in [-0.39, 0.29) is 22.4 Å². The molecule has 0 aliphatic heterocycles. The first-order valence-electron chi connectivity index (χ1n) is 6.56. The second kappa shape index (κ2) is 6.15. The number of aliphatic hydroxyl groups is 1. The van der Waals surface area contributed by atoms with Crippen molar-refractivity contribution < 1.29 is 10.0 Å². The summed E-state index contributed by atoms with van der Waals surface area (Å²) >= 11 is 1.21. The minimum absolute atomic E-state index is 0.0845. The Morgan fingerprint density at radius 1 is 1.35 bits per heavy atom. The molecule has 0 amide bonds. The van der Waals surface area contributed by atoms with Crippen molar-refractivity contribution in [3.8, 4) is 10.4 Å². The highest BCUT2D eigenvalue weighted by Gasteiger charge is 2.28. The van der Waals surface area contributed by atoms with Crippen molar-refractivity contribution in [1.82, 2.24) is 0 Å². The van der Waals surface area contributed by atoms with Crippen LogP contribution in [0.1, 0.15) is 30.9 Å². The van der Waals surface area contributed by atoms with E-state index in [1.165, 1.54) is 11.3 Å². The summed E-state index contributed by atoms with van der Waals surface area (Å²) in [5.41, 5.74) is 2.66. The van der Waals surface area contributed by atoms with Gasteiger partial charge in [0.2, 0.25) is 0 Å². The number of thiophene rings is 1. The maximum atomic E-state index is 11.3. The van der Waals surface area contributed by atoms with E-state index in [9.17, 15) is 15.2 Å². The topological polar surface area (TPSA) is 63.4 Å².